The van der Waals surface area contributed by atoms with Crippen LogP contribution in [0.4, 0.5) is 0 Å². The van der Waals surface area contributed by atoms with Crippen LogP contribution in [0.3, 0.4) is 0 Å². The van der Waals surface area contributed by atoms with Gasteiger partial charge >= 0.3 is 0 Å². The molecule has 0 fully saturated rings. The first kappa shape index (κ1) is 35.0. The zero-order valence-corrected chi connectivity index (χ0v) is 35.2. The Kier molecular flexibility index (Phi) is 7.12. The number of rotatable bonds is 4. The van der Waals surface area contributed by atoms with Gasteiger partial charge < -0.3 is 0 Å². The van der Waals surface area contributed by atoms with Crippen LogP contribution in [0.1, 0.15) is 94.8 Å². The normalized spacial score (nSPS) is 15.2. The van der Waals surface area contributed by atoms with E-state index in [0.29, 0.717) is 0 Å². The summed E-state index contributed by atoms with van der Waals surface area (Å²) in [7, 11) is 0. The quantitative estimate of drug-likeness (QED) is 0.156. The van der Waals surface area contributed by atoms with Crippen molar-refractivity contribution in [2.24, 2.45) is 0 Å². The SMILES string of the molecule is CC1(C)c2ccccc2-c2ccc(C(c3ccc4c(c3)Cc3c-4cc4ccccc4c3-c3cccc4c3Cc3ccccc3-4)c3ccc4c(c3)C(C)(C)c3ccccc3-4)cc21. The van der Waals surface area contributed by atoms with E-state index < -0.39 is 0 Å². The first-order valence-electron chi connectivity index (χ1n) is 22.1. The first-order chi connectivity index (χ1) is 29.8. The van der Waals surface area contributed by atoms with Crippen LogP contribution in [0.15, 0.2) is 176 Å². The molecular formula is C61H46. The number of hydrogen-bond donors (Lipinski definition) is 0. The van der Waals surface area contributed by atoms with Crippen molar-refractivity contribution in [2.75, 3.05) is 0 Å². The van der Waals surface area contributed by atoms with E-state index in [-0.39, 0.29) is 16.7 Å². The second kappa shape index (κ2) is 12.4. The minimum absolute atomic E-state index is 0.0677. The third-order valence-electron chi connectivity index (χ3n) is 15.3. The van der Waals surface area contributed by atoms with Crippen LogP contribution in [0.25, 0.3) is 66.4 Å². The van der Waals surface area contributed by atoms with Gasteiger partial charge in [-0.05, 0) is 147 Å². The molecule has 0 atom stereocenters. The van der Waals surface area contributed by atoms with Crippen molar-refractivity contribution in [2.45, 2.75) is 57.3 Å². The van der Waals surface area contributed by atoms with Crippen LogP contribution >= 0.6 is 0 Å². The van der Waals surface area contributed by atoms with Gasteiger partial charge in [0.1, 0.15) is 0 Å². The molecule has 290 valence electrons. The molecule has 0 nitrogen and oxygen atoms in total. The van der Waals surface area contributed by atoms with Gasteiger partial charge in [-0.15, -0.1) is 0 Å². The van der Waals surface area contributed by atoms with E-state index in [1.165, 1.54) is 128 Å². The largest absolute Gasteiger partial charge is 0.0619 e. The zero-order chi connectivity index (χ0) is 40.8. The lowest BCUT2D eigenvalue weighted by atomic mass is 9.77. The van der Waals surface area contributed by atoms with Crippen LogP contribution in [0.5, 0.6) is 0 Å². The Balaban J connectivity index is 0.986. The van der Waals surface area contributed by atoms with E-state index in [1.807, 2.05) is 0 Å². The van der Waals surface area contributed by atoms with Crippen LogP contribution in [-0.2, 0) is 23.7 Å². The summed E-state index contributed by atoms with van der Waals surface area (Å²) in [6.07, 6.45) is 1.89. The van der Waals surface area contributed by atoms with E-state index in [0.717, 1.165) is 12.8 Å². The fourth-order valence-electron chi connectivity index (χ4n) is 12.3. The molecule has 4 aliphatic carbocycles. The lowest BCUT2D eigenvalue weighted by molar-refractivity contribution is 0.657. The molecule has 0 saturated heterocycles. The smallest absolute Gasteiger partial charge is 0.0340 e. The van der Waals surface area contributed by atoms with Crippen molar-refractivity contribution in [3.05, 3.63) is 237 Å². The van der Waals surface area contributed by atoms with Gasteiger partial charge in [-0.2, -0.15) is 0 Å². The maximum Gasteiger partial charge on any atom is 0.0340 e. The standard InChI is InChI=1S/C61H46/c1-60(2)54-22-11-9-18-46(54)48-28-25-39(34-56(48)60)58(40-26-29-49-47-19-10-12-23-55(47)61(3,4)57(49)35-40)38-24-27-43-41(30-38)33-53-51(43)32-37-15-6-8-17-44(37)59(53)50-21-13-20-45-42-16-7-5-14-36(42)31-52(45)50/h5-30,32,34-35,58H,31,33H2,1-4H3. The third kappa shape index (κ3) is 4.82. The molecular weight excluding hydrogens is 733 g/mol. The van der Waals surface area contributed by atoms with Crippen molar-refractivity contribution >= 4 is 10.8 Å². The van der Waals surface area contributed by atoms with Gasteiger partial charge in [0.15, 0.2) is 0 Å². The minimum Gasteiger partial charge on any atom is -0.0619 e. The molecule has 0 radical (unpaired) electrons. The highest BCUT2D eigenvalue weighted by Crippen LogP contribution is 2.54. The maximum absolute atomic E-state index is 2.57. The summed E-state index contributed by atoms with van der Waals surface area (Å²) in [5, 5.41) is 2.66. The Hall–Kier alpha value is -6.76. The average Bonchev–Trinajstić information content (AvgIpc) is 3.98. The lowest BCUT2D eigenvalue weighted by Gasteiger charge is -2.26. The Bertz CT molecular complexity index is 3260. The molecule has 0 N–H and O–H groups in total. The summed E-state index contributed by atoms with van der Waals surface area (Å²) < 4.78 is 0. The van der Waals surface area contributed by atoms with E-state index in [9.17, 15) is 0 Å². The van der Waals surface area contributed by atoms with Crippen molar-refractivity contribution in [1.29, 1.82) is 0 Å². The molecule has 4 aliphatic rings. The number of fused-ring (bicyclic) bond motifs is 13. The van der Waals surface area contributed by atoms with E-state index >= 15 is 0 Å². The molecule has 0 unspecified atom stereocenters. The van der Waals surface area contributed by atoms with E-state index in [4.69, 9.17) is 0 Å². The van der Waals surface area contributed by atoms with Crippen molar-refractivity contribution in [1.82, 2.24) is 0 Å². The zero-order valence-electron chi connectivity index (χ0n) is 35.2. The summed E-state index contributed by atoms with van der Waals surface area (Å²) in [6.45, 7) is 9.61. The molecule has 0 aromatic heterocycles. The van der Waals surface area contributed by atoms with Gasteiger partial charge in [-0.25, -0.2) is 0 Å². The van der Waals surface area contributed by atoms with Crippen molar-refractivity contribution in [3.8, 4) is 55.6 Å². The summed E-state index contributed by atoms with van der Waals surface area (Å²) in [5.74, 6) is 0.0677. The highest BCUT2D eigenvalue weighted by Gasteiger charge is 2.38. The Labute approximate surface area is 359 Å². The summed E-state index contributed by atoms with van der Waals surface area (Å²) in [6, 6.07) is 67.8. The molecule has 9 aromatic rings. The maximum atomic E-state index is 2.57. The first-order valence-corrected chi connectivity index (χ1v) is 22.1. The summed E-state index contributed by atoms with van der Waals surface area (Å²) in [5.41, 5.74) is 29.2. The average molecular weight is 779 g/mol. The van der Waals surface area contributed by atoms with E-state index in [1.54, 1.807) is 0 Å². The molecule has 0 amide bonds. The van der Waals surface area contributed by atoms with Gasteiger partial charge in [-0.3, -0.25) is 0 Å². The Morgan fingerprint density at radius 1 is 0.344 bits per heavy atom. The predicted octanol–water partition coefficient (Wildman–Crippen LogP) is 15.4. The van der Waals surface area contributed by atoms with Crippen molar-refractivity contribution < 1.29 is 0 Å². The molecule has 9 aromatic carbocycles. The summed E-state index contributed by atoms with van der Waals surface area (Å²) in [4.78, 5) is 0. The lowest BCUT2D eigenvalue weighted by Crippen LogP contribution is -2.17. The highest BCUT2D eigenvalue weighted by molar-refractivity contribution is 6.06. The topological polar surface area (TPSA) is 0 Å². The van der Waals surface area contributed by atoms with Gasteiger partial charge in [0, 0.05) is 16.7 Å². The number of hydrogen-bond acceptors (Lipinski definition) is 0. The molecule has 0 aliphatic heterocycles. The minimum atomic E-state index is -0.0783. The molecule has 13 rings (SSSR count). The second-order valence-corrected chi connectivity index (χ2v) is 19.1. The van der Waals surface area contributed by atoms with Gasteiger partial charge in [0.25, 0.3) is 0 Å². The van der Waals surface area contributed by atoms with Gasteiger partial charge in [0.2, 0.25) is 0 Å². The Morgan fingerprint density at radius 2 is 0.836 bits per heavy atom. The molecule has 61 heavy (non-hydrogen) atoms. The van der Waals surface area contributed by atoms with Crippen molar-refractivity contribution in [3.63, 3.8) is 0 Å². The van der Waals surface area contributed by atoms with Crippen LogP contribution in [-0.4, -0.2) is 0 Å². The predicted molar refractivity (Wildman–Crippen MR) is 255 cm³/mol. The fraction of sp³-hybridized carbons (Fsp3) is 0.148. The molecule has 0 spiro atoms. The monoisotopic (exact) mass is 778 g/mol. The van der Waals surface area contributed by atoms with E-state index in [2.05, 4.69) is 204 Å². The Morgan fingerprint density at radius 3 is 1.52 bits per heavy atom. The fourth-order valence-corrected chi connectivity index (χ4v) is 12.3. The van der Waals surface area contributed by atoms with Crippen LogP contribution in [0, 0.1) is 0 Å². The number of benzene rings is 9. The molecule has 0 bridgehead atoms. The summed E-state index contributed by atoms with van der Waals surface area (Å²) >= 11 is 0. The third-order valence-corrected chi connectivity index (χ3v) is 15.3. The molecule has 0 heteroatoms. The van der Waals surface area contributed by atoms with Crippen LogP contribution in [0.2, 0.25) is 0 Å². The highest BCUT2D eigenvalue weighted by atomic mass is 14.4. The van der Waals surface area contributed by atoms with Gasteiger partial charge in [0.05, 0.1) is 0 Å². The van der Waals surface area contributed by atoms with Crippen LogP contribution < -0.4 is 0 Å². The molecule has 0 heterocycles. The second-order valence-electron chi connectivity index (χ2n) is 19.1. The van der Waals surface area contributed by atoms with Gasteiger partial charge in [-0.1, -0.05) is 198 Å². The molecule has 0 saturated carbocycles.